The summed E-state index contributed by atoms with van der Waals surface area (Å²) in [5, 5.41) is 5.65. The standard InChI is InChI=1S/C13H21FN4O/c1-5-9-11(14)12(17-8-16-9)15-7-6-10(19)18-13(2,3)4/h8H,5-7H2,1-4H3,(H,18,19)(H,15,16,17). The van der Waals surface area contributed by atoms with Crippen LogP contribution in [0.15, 0.2) is 6.33 Å². The van der Waals surface area contributed by atoms with E-state index in [1.165, 1.54) is 6.33 Å². The summed E-state index contributed by atoms with van der Waals surface area (Å²) in [6.45, 7) is 7.90. The number of carbonyl (C=O) groups excluding carboxylic acids is 1. The maximum Gasteiger partial charge on any atom is 0.222 e. The zero-order valence-corrected chi connectivity index (χ0v) is 11.9. The Hall–Kier alpha value is -1.72. The molecular formula is C13H21FN4O. The zero-order chi connectivity index (χ0) is 14.5. The fourth-order valence-corrected chi connectivity index (χ4v) is 1.55. The van der Waals surface area contributed by atoms with Crippen molar-refractivity contribution in [2.75, 3.05) is 11.9 Å². The average Bonchev–Trinajstić information content (AvgIpc) is 2.29. The van der Waals surface area contributed by atoms with Crippen LogP contribution in [0.4, 0.5) is 10.2 Å². The van der Waals surface area contributed by atoms with E-state index in [4.69, 9.17) is 0 Å². The van der Waals surface area contributed by atoms with Crippen LogP contribution in [-0.4, -0.2) is 28.0 Å². The summed E-state index contributed by atoms with van der Waals surface area (Å²) < 4.78 is 13.8. The van der Waals surface area contributed by atoms with Gasteiger partial charge < -0.3 is 10.6 Å². The Labute approximate surface area is 113 Å². The second kappa shape index (κ2) is 6.45. The topological polar surface area (TPSA) is 66.9 Å². The van der Waals surface area contributed by atoms with Gasteiger partial charge in [0.05, 0.1) is 5.69 Å². The van der Waals surface area contributed by atoms with Crippen LogP contribution in [0.25, 0.3) is 0 Å². The van der Waals surface area contributed by atoms with Crippen molar-refractivity contribution >= 4 is 11.7 Å². The second-order valence-electron chi connectivity index (χ2n) is 5.31. The van der Waals surface area contributed by atoms with Crippen molar-refractivity contribution in [2.24, 2.45) is 0 Å². The molecule has 0 unspecified atom stereocenters. The first-order chi connectivity index (χ1) is 8.83. The number of rotatable bonds is 5. The molecule has 0 aliphatic carbocycles. The number of anilines is 1. The molecule has 1 amide bonds. The van der Waals surface area contributed by atoms with E-state index < -0.39 is 5.82 Å². The molecule has 0 atom stereocenters. The van der Waals surface area contributed by atoms with Crippen molar-refractivity contribution in [1.29, 1.82) is 0 Å². The number of hydrogen-bond donors (Lipinski definition) is 2. The molecule has 1 rings (SSSR count). The van der Waals surface area contributed by atoms with Gasteiger partial charge in [0.25, 0.3) is 0 Å². The lowest BCUT2D eigenvalue weighted by molar-refractivity contribution is -0.122. The van der Waals surface area contributed by atoms with E-state index in [0.29, 0.717) is 18.7 Å². The van der Waals surface area contributed by atoms with E-state index in [-0.39, 0.29) is 23.7 Å². The summed E-state index contributed by atoms with van der Waals surface area (Å²) in [7, 11) is 0. The monoisotopic (exact) mass is 268 g/mol. The molecule has 1 heterocycles. The molecule has 0 bridgehead atoms. The molecule has 1 aromatic heterocycles. The minimum Gasteiger partial charge on any atom is -0.367 e. The van der Waals surface area contributed by atoms with Gasteiger partial charge in [0.1, 0.15) is 6.33 Å². The van der Waals surface area contributed by atoms with Crippen molar-refractivity contribution in [1.82, 2.24) is 15.3 Å². The third-order valence-electron chi connectivity index (χ3n) is 2.36. The normalized spacial score (nSPS) is 11.2. The van der Waals surface area contributed by atoms with Gasteiger partial charge in [-0.05, 0) is 27.2 Å². The molecule has 0 spiro atoms. The Kier molecular flexibility index (Phi) is 5.20. The van der Waals surface area contributed by atoms with E-state index >= 15 is 0 Å². The molecule has 0 aliphatic heterocycles. The largest absolute Gasteiger partial charge is 0.367 e. The Bertz CT molecular complexity index is 443. The molecule has 1 aromatic rings. The quantitative estimate of drug-likeness (QED) is 0.856. The van der Waals surface area contributed by atoms with Gasteiger partial charge in [0.15, 0.2) is 11.6 Å². The van der Waals surface area contributed by atoms with Crippen molar-refractivity contribution in [3.05, 3.63) is 17.8 Å². The van der Waals surface area contributed by atoms with Gasteiger partial charge in [-0.15, -0.1) is 0 Å². The highest BCUT2D eigenvalue weighted by atomic mass is 19.1. The molecule has 6 heteroatoms. The first-order valence-corrected chi connectivity index (χ1v) is 6.37. The predicted molar refractivity (Wildman–Crippen MR) is 72.4 cm³/mol. The van der Waals surface area contributed by atoms with E-state index in [1.807, 2.05) is 27.7 Å². The third-order valence-corrected chi connectivity index (χ3v) is 2.36. The van der Waals surface area contributed by atoms with Crippen molar-refractivity contribution in [3.63, 3.8) is 0 Å². The van der Waals surface area contributed by atoms with Crippen LogP contribution in [0.5, 0.6) is 0 Å². The molecule has 5 nitrogen and oxygen atoms in total. The number of hydrogen-bond acceptors (Lipinski definition) is 4. The first kappa shape index (κ1) is 15.3. The Balaban J connectivity index is 2.48. The highest BCUT2D eigenvalue weighted by molar-refractivity contribution is 5.77. The number of halogens is 1. The van der Waals surface area contributed by atoms with Gasteiger partial charge in [-0.1, -0.05) is 6.92 Å². The fourth-order valence-electron chi connectivity index (χ4n) is 1.55. The summed E-state index contributed by atoms with van der Waals surface area (Å²) in [6.07, 6.45) is 2.09. The van der Waals surface area contributed by atoms with Gasteiger partial charge in [0, 0.05) is 18.5 Å². The van der Waals surface area contributed by atoms with Crippen LogP contribution < -0.4 is 10.6 Å². The Morgan fingerprint density at radius 3 is 2.63 bits per heavy atom. The number of nitrogens with zero attached hydrogens (tertiary/aromatic N) is 2. The SMILES string of the molecule is CCc1ncnc(NCCC(=O)NC(C)(C)C)c1F. The fraction of sp³-hybridized carbons (Fsp3) is 0.615. The molecule has 0 fully saturated rings. The number of nitrogens with one attached hydrogen (secondary N) is 2. The Morgan fingerprint density at radius 1 is 1.37 bits per heavy atom. The maximum atomic E-state index is 13.8. The van der Waals surface area contributed by atoms with Crippen LogP contribution in [0.3, 0.4) is 0 Å². The summed E-state index contributed by atoms with van der Waals surface area (Å²) in [4.78, 5) is 19.3. The van der Waals surface area contributed by atoms with Crippen LogP contribution in [0.2, 0.25) is 0 Å². The lowest BCUT2D eigenvalue weighted by Crippen LogP contribution is -2.41. The van der Waals surface area contributed by atoms with E-state index in [9.17, 15) is 9.18 Å². The van der Waals surface area contributed by atoms with Crippen molar-refractivity contribution in [3.8, 4) is 0 Å². The van der Waals surface area contributed by atoms with Gasteiger partial charge >= 0.3 is 0 Å². The minimum atomic E-state index is -0.443. The summed E-state index contributed by atoms with van der Waals surface area (Å²) in [6, 6.07) is 0. The average molecular weight is 268 g/mol. The molecule has 0 saturated carbocycles. The van der Waals surface area contributed by atoms with Crippen molar-refractivity contribution < 1.29 is 9.18 Å². The highest BCUT2D eigenvalue weighted by Crippen LogP contribution is 2.12. The molecule has 19 heavy (non-hydrogen) atoms. The molecular weight excluding hydrogens is 247 g/mol. The number of aromatic nitrogens is 2. The molecule has 106 valence electrons. The molecule has 0 aliphatic rings. The number of carbonyl (C=O) groups is 1. The minimum absolute atomic E-state index is 0.0785. The van der Waals surface area contributed by atoms with Crippen LogP contribution >= 0.6 is 0 Å². The van der Waals surface area contributed by atoms with E-state index in [1.54, 1.807) is 0 Å². The number of amides is 1. The number of aryl methyl sites for hydroxylation is 1. The highest BCUT2D eigenvalue weighted by Gasteiger charge is 2.14. The molecule has 0 aromatic carbocycles. The first-order valence-electron chi connectivity index (χ1n) is 6.37. The van der Waals surface area contributed by atoms with Crippen LogP contribution in [-0.2, 0) is 11.2 Å². The van der Waals surface area contributed by atoms with Crippen LogP contribution in [0, 0.1) is 5.82 Å². The molecule has 2 N–H and O–H groups in total. The van der Waals surface area contributed by atoms with Crippen molar-refractivity contribution in [2.45, 2.75) is 46.1 Å². The van der Waals surface area contributed by atoms with E-state index in [0.717, 1.165) is 0 Å². The predicted octanol–water partition coefficient (Wildman–Crippen LogP) is 1.89. The van der Waals surface area contributed by atoms with Gasteiger partial charge in [0.2, 0.25) is 5.91 Å². The zero-order valence-electron chi connectivity index (χ0n) is 11.9. The third kappa shape index (κ3) is 5.19. The lowest BCUT2D eigenvalue weighted by Gasteiger charge is -2.20. The second-order valence-corrected chi connectivity index (χ2v) is 5.31. The maximum absolute atomic E-state index is 13.8. The summed E-state index contributed by atoms with van der Waals surface area (Å²) >= 11 is 0. The van der Waals surface area contributed by atoms with E-state index in [2.05, 4.69) is 20.6 Å². The Morgan fingerprint density at radius 2 is 2.05 bits per heavy atom. The summed E-state index contributed by atoms with van der Waals surface area (Å²) in [5.41, 5.74) is 0.115. The summed E-state index contributed by atoms with van der Waals surface area (Å²) in [5.74, 6) is -0.373. The smallest absolute Gasteiger partial charge is 0.222 e. The lowest BCUT2D eigenvalue weighted by atomic mass is 10.1. The molecule has 0 saturated heterocycles. The van der Waals surface area contributed by atoms with Gasteiger partial charge in [-0.25, -0.2) is 14.4 Å². The van der Waals surface area contributed by atoms with Gasteiger partial charge in [-0.2, -0.15) is 0 Å². The van der Waals surface area contributed by atoms with Gasteiger partial charge in [-0.3, -0.25) is 4.79 Å². The molecule has 0 radical (unpaired) electrons. The van der Waals surface area contributed by atoms with Crippen LogP contribution in [0.1, 0.15) is 39.8 Å².